The van der Waals surface area contributed by atoms with Gasteiger partial charge in [-0.15, -0.1) is 0 Å². The average Bonchev–Trinajstić information content (AvgIpc) is 2.57. The van der Waals surface area contributed by atoms with E-state index in [9.17, 15) is 4.79 Å². The molecule has 0 amide bonds. The van der Waals surface area contributed by atoms with Crippen molar-refractivity contribution < 1.29 is 0 Å². The molecule has 2 aliphatic heterocycles. The number of nitrogens with zero attached hydrogens (tertiary/aromatic N) is 2. The highest BCUT2D eigenvalue weighted by Crippen LogP contribution is 2.35. The Morgan fingerprint density at radius 1 is 1.00 bits per heavy atom. The maximum absolute atomic E-state index is 12.1. The molecule has 1 aromatic carbocycles. The molecule has 0 unspecified atom stereocenters. The first kappa shape index (κ1) is 14.7. The minimum Gasteiger partial charge on any atom is -0.312 e. The van der Waals surface area contributed by atoms with Crippen LogP contribution >= 0.6 is 0 Å². The van der Waals surface area contributed by atoms with Crippen LogP contribution in [0, 0.1) is 5.92 Å². The second kappa shape index (κ2) is 5.97. The molecule has 2 aliphatic rings. The Morgan fingerprint density at radius 2 is 1.78 bits per heavy atom. The van der Waals surface area contributed by atoms with E-state index in [0.717, 1.165) is 32.6 Å². The van der Waals surface area contributed by atoms with Gasteiger partial charge in [-0.25, -0.2) is 0 Å². The van der Waals surface area contributed by atoms with Crippen molar-refractivity contribution in [2.45, 2.75) is 38.8 Å². The van der Waals surface area contributed by atoms with E-state index in [0.29, 0.717) is 11.8 Å². The number of piperidine rings is 1. The van der Waals surface area contributed by atoms with Gasteiger partial charge in [0, 0.05) is 43.9 Å². The highest BCUT2D eigenvalue weighted by atomic mass is 16.1. The van der Waals surface area contributed by atoms with Crippen LogP contribution in [0.1, 0.15) is 36.1 Å². The molecule has 0 spiro atoms. The van der Waals surface area contributed by atoms with Crippen molar-refractivity contribution in [1.82, 2.24) is 9.47 Å². The van der Waals surface area contributed by atoms with Gasteiger partial charge in [-0.1, -0.05) is 37.3 Å². The molecule has 0 aliphatic carbocycles. The van der Waals surface area contributed by atoms with E-state index in [1.165, 1.54) is 23.2 Å². The Hall–Kier alpha value is -1.87. The van der Waals surface area contributed by atoms with E-state index in [4.69, 9.17) is 0 Å². The van der Waals surface area contributed by atoms with E-state index >= 15 is 0 Å². The monoisotopic (exact) mass is 308 g/mol. The minimum atomic E-state index is 0.167. The largest absolute Gasteiger partial charge is 0.312 e. The van der Waals surface area contributed by atoms with Gasteiger partial charge in [-0.05, 0) is 36.0 Å². The molecule has 1 saturated heterocycles. The molecule has 23 heavy (non-hydrogen) atoms. The highest BCUT2D eigenvalue weighted by molar-refractivity contribution is 5.23. The highest BCUT2D eigenvalue weighted by Gasteiger charge is 2.34. The number of pyridine rings is 1. The van der Waals surface area contributed by atoms with Crippen molar-refractivity contribution in [3.8, 4) is 0 Å². The Labute approximate surface area is 137 Å². The lowest BCUT2D eigenvalue weighted by Crippen LogP contribution is -2.46. The molecule has 4 rings (SSSR count). The average molecular weight is 308 g/mol. The SMILES string of the molecule is CCc1ccc(CN2C[C@@H]3C[C@H](C2)c2cccc(=O)n2C3)cc1. The number of aromatic nitrogens is 1. The van der Waals surface area contributed by atoms with Crippen LogP contribution in [0.15, 0.2) is 47.3 Å². The molecule has 0 saturated carbocycles. The Bertz CT molecular complexity index is 747. The minimum absolute atomic E-state index is 0.167. The summed E-state index contributed by atoms with van der Waals surface area (Å²) < 4.78 is 2.01. The fourth-order valence-corrected chi connectivity index (χ4v) is 4.26. The fraction of sp³-hybridized carbons (Fsp3) is 0.450. The summed E-state index contributed by atoms with van der Waals surface area (Å²) in [5.74, 6) is 1.11. The van der Waals surface area contributed by atoms with Gasteiger partial charge in [0.05, 0.1) is 0 Å². The van der Waals surface area contributed by atoms with E-state index < -0.39 is 0 Å². The van der Waals surface area contributed by atoms with Crippen molar-refractivity contribution in [2.24, 2.45) is 5.92 Å². The topological polar surface area (TPSA) is 25.2 Å². The van der Waals surface area contributed by atoms with Gasteiger partial charge in [0.25, 0.3) is 5.56 Å². The molecule has 1 aromatic heterocycles. The molecule has 2 aromatic rings. The van der Waals surface area contributed by atoms with Gasteiger partial charge in [-0.2, -0.15) is 0 Å². The van der Waals surface area contributed by atoms with Crippen molar-refractivity contribution in [3.05, 3.63) is 69.6 Å². The van der Waals surface area contributed by atoms with E-state index in [1.54, 1.807) is 6.07 Å². The summed E-state index contributed by atoms with van der Waals surface area (Å²) in [4.78, 5) is 14.6. The number of hydrogen-bond donors (Lipinski definition) is 0. The normalized spacial score (nSPS) is 23.5. The predicted molar refractivity (Wildman–Crippen MR) is 92.6 cm³/mol. The van der Waals surface area contributed by atoms with Crippen LogP contribution in [0.5, 0.6) is 0 Å². The molecule has 2 atom stereocenters. The number of fused-ring (bicyclic) bond motifs is 4. The summed E-state index contributed by atoms with van der Waals surface area (Å²) in [7, 11) is 0. The summed E-state index contributed by atoms with van der Waals surface area (Å²) in [6, 6.07) is 14.8. The maximum Gasteiger partial charge on any atom is 0.250 e. The molecule has 3 heterocycles. The van der Waals surface area contributed by atoms with Gasteiger partial charge in [-0.3, -0.25) is 9.69 Å². The standard InChI is InChI=1S/C20H24N2O/c1-2-15-6-8-16(9-7-15)11-21-12-17-10-18(14-21)19-4-3-5-20(23)22(19)13-17/h3-9,17-18H,2,10-14H2,1H3/t17-,18+/m0/s1. The molecule has 3 nitrogen and oxygen atoms in total. The molecule has 0 radical (unpaired) electrons. The van der Waals surface area contributed by atoms with Crippen LogP contribution in [0.4, 0.5) is 0 Å². The van der Waals surface area contributed by atoms with Crippen LogP contribution < -0.4 is 5.56 Å². The van der Waals surface area contributed by atoms with Gasteiger partial charge in [0.1, 0.15) is 0 Å². The second-order valence-corrected chi connectivity index (χ2v) is 7.06. The predicted octanol–water partition coefficient (Wildman–Crippen LogP) is 3.03. The van der Waals surface area contributed by atoms with Crippen LogP contribution in [-0.4, -0.2) is 22.6 Å². The molecule has 2 bridgehead atoms. The summed E-state index contributed by atoms with van der Waals surface area (Å²) in [5.41, 5.74) is 4.20. The van der Waals surface area contributed by atoms with E-state index in [-0.39, 0.29) is 5.56 Å². The zero-order valence-electron chi connectivity index (χ0n) is 13.7. The molecule has 120 valence electrons. The summed E-state index contributed by atoms with van der Waals surface area (Å²) in [6.45, 7) is 6.27. The van der Waals surface area contributed by atoms with Crippen LogP contribution in [0.25, 0.3) is 0 Å². The maximum atomic E-state index is 12.1. The summed E-state index contributed by atoms with van der Waals surface area (Å²) >= 11 is 0. The Balaban J connectivity index is 1.52. The van der Waals surface area contributed by atoms with Crippen LogP contribution in [-0.2, 0) is 19.5 Å². The first-order valence-electron chi connectivity index (χ1n) is 8.73. The Kier molecular flexibility index (Phi) is 3.82. The molecule has 1 fully saturated rings. The third-order valence-corrected chi connectivity index (χ3v) is 5.39. The van der Waals surface area contributed by atoms with Crippen molar-refractivity contribution in [3.63, 3.8) is 0 Å². The van der Waals surface area contributed by atoms with E-state index in [1.807, 2.05) is 10.6 Å². The number of aryl methyl sites for hydroxylation is 1. The van der Waals surface area contributed by atoms with Crippen LogP contribution in [0.2, 0.25) is 0 Å². The third-order valence-electron chi connectivity index (χ3n) is 5.39. The Morgan fingerprint density at radius 3 is 2.57 bits per heavy atom. The fourth-order valence-electron chi connectivity index (χ4n) is 4.26. The third kappa shape index (κ3) is 2.86. The molecular formula is C20H24N2O. The van der Waals surface area contributed by atoms with Crippen molar-refractivity contribution in [2.75, 3.05) is 13.1 Å². The molecular weight excluding hydrogens is 284 g/mol. The molecule has 0 N–H and O–H groups in total. The van der Waals surface area contributed by atoms with Crippen molar-refractivity contribution >= 4 is 0 Å². The number of benzene rings is 1. The van der Waals surface area contributed by atoms with Gasteiger partial charge in [0.15, 0.2) is 0 Å². The summed E-state index contributed by atoms with van der Waals surface area (Å²) in [5, 5.41) is 0. The smallest absolute Gasteiger partial charge is 0.250 e. The van der Waals surface area contributed by atoms with Crippen molar-refractivity contribution in [1.29, 1.82) is 0 Å². The lowest BCUT2D eigenvalue weighted by atomic mass is 9.83. The first-order valence-corrected chi connectivity index (χ1v) is 8.73. The number of likely N-dealkylation sites (tertiary alicyclic amines) is 1. The zero-order chi connectivity index (χ0) is 15.8. The van der Waals surface area contributed by atoms with Gasteiger partial charge in [0.2, 0.25) is 0 Å². The van der Waals surface area contributed by atoms with E-state index in [2.05, 4.69) is 42.2 Å². The van der Waals surface area contributed by atoms with Crippen LogP contribution in [0.3, 0.4) is 0 Å². The number of hydrogen-bond acceptors (Lipinski definition) is 2. The zero-order valence-corrected chi connectivity index (χ0v) is 13.7. The van der Waals surface area contributed by atoms with Gasteiger partial charge >= 0.3 is 0 Å². The lowest BCUT2D eigenvalue weighted by molar-refractivity contribution is 0.114. The number of rotatable bonds is 3. The second-order valence-electron chi connectivity index (χ2n) is 7.06. The van der Waals surface area contributed by atoms with Gasteiger partial charge < -0.3 is 4.57 Å². The quantitative estimate of drug-likeness (QED) is 0.871. The lowest BCUT2D eigenvalue weighted by Gasteiger charge is -2.42. The first-order chi connectivity index (χ1) is 11.2. The molecule has 3 heteroatoms. The summed E-state index contributed by atoms with van der Waals surface area (Å²) in [6.07, 6.45) is 2.33.